The quantitative estimate of drug-likeness (QED) is 0.709. The van der Waals surface area contributed by atoms with Crippen LogP contribution in [-0.4, -0.2) is 50.5 Å². The Labute approximate surface area is 186 Å². The number of carbonyl (C=O) groups is 2. The molecule has 0 aromatic heterocycles. The number of hydrogen-bond donors (Lipinski definition) is 1. The van der Waals surface area contributed by atoms with Crippen LogP contribution < -0.4 is 9.62 Å². The van der Waals surface area contributed by atoms with Gasteiger partial charge in [-0.05, 0) is 50.5 Å². The minimum atomic E-state index is -4.02. The highest BCUT2D eigenvalue weighted by Crippen LogP contribution is 2.25. The van der Waals surface area contributed by atoms with Gasteiger partial charge >= 0.3 is 0 Å². The number of halogens is 2. The first kappa shape index (κ1) is 23.6. The summed E-state index contributed by atoms with van der Waals surface area (Å²) in [6, 6.07) is 7.78. The molecule has 2 aromatic carbocycles. The number of anilines is 2. The molecule has 2 amide bonds. The van der Waals surface area contributed by atoms with Gasteiger partial charge < -0.3 is 10.2 Å². The second kappa shape index (κ2) is 9.64. The number of amides is 2. The van der Waals surface area contributed by atoms with Crippen LogP contribution in [-0.2, 0) is 14.8 Å². The van der Waals surface area contributed by atoms with E-state index in [2.05, 4.69) is 5.32 Å². The minimum absolute atomic E-state index is 0.188. The third-order valence-electron chi connectivity index (χ3n) is 5.30. The third-order valence-corrected chi connectivity index (χ3v) is 6.55. The van der Waals surface area contributed by atoms with E-state index in [1.807, 2.05) is 0 Å². The van der Waals surface area contributed by atoms with Gasteiger partial charge in [0.15, 0.2) is 11.6 Å². The van der Waals surface area contributed by atoms with Crippen LogP contribution in [0.3, 0.4) is 0 Å². The molecule has 1 aliphatic heterocycles. The van der Waals surface area contributed by atoms with E-state index < -0.39 is 33.6 Å². The molecule has 1 fully saturated rings. The van der Waals surface area contributed by atoms with Crippen molar-refractivity contribution < 1.29 is 26.8 Å². The molecule has 1 atom stereocenters. The maximum atomic E-state index is 13.7. The van der Waals surface area contributed by atoms with Crippen molar-refractivity contribution >= 4 is 33.2 Å². The summed E-state index contributed by atoms with van der Waals surface area (Å²) in [5, 5.41) is 2.62. The fourth-order valence-corrected chi connectivity index (χ4v) is 4.88. The molecule has 0 unspecified atom stereocenters. The van der Waals surface area contributed by atoms with Crippen molar-refractivity contribution in [3.8, 4) is 0 Å². The van der Waals surface area contributed by atoms with Crippen molar-refractivity contribution in [2.75, 3.05) is 29.0 Å². The number of sulfonamides is 1. The monoisotopic (exact) mass is 465 g/mol. The Kier molecular flexibility index (Phi) is 7.12. The second-order valence-corrected chi connectivity index (χ2v) is 9.58. The molecular weight excluding hydrogens is 440 g/mol. The topological polar surface area (TPSA) is 86.8 Å². The molecule has 3 rings (SSSR count). The summed E-state index contributed by atoms with van der Waals surface area (Å²) >= 11 is 0. The van der Waals surface area contributed by atoms with E-state index in [-0.39, 0.29) is 17.3 Å². The smallest absolute Gasteiger partial charge is 0.255 e. The molecule has 1 aliphatic rings. The summed E-state index contributed by atoms with van der Waals surface area (Å²) < 4.78 is 52.5. The minimum Gasteiger partial charge on any atom is -0.339 e. The van der Waals surface area contributed by atoms with Gasteiger partial charge in [-0.2, -0.15) is 0 Å². The Balaban J connectivity index is 1.87. The summed E-state index contributed by atoms with van der Waals surface area (Å²) in [5.74, 6) is -3.31. The zero-order chi connectivity index (χ0) is 23.5. The standard InChI is InChI=1S/C22H25F2N3O4S/c1-15(27(32(2,30)31)16-10-11-18(23)19(24)14-16)21(28)25-20-9-5-4-8-17(20)22(29)26-12-6-3-7-13-26/h4-5,8-11,14-15H,3,6-7,12-13H2,1-2H3,(H,25,28)/t15-/m0/s1. The van der Waals surface area contributed by atoms with Gasteiger partial charge in [0, 0.05) is 19.2 Å². The molecule has 10 heteroatoms. The van der Waals surface area contributed by atoms with Gasteiger partial charge in [0.1, 0.15) is 6.04 Å². The first-order valence-corrected chi connectivity index (χ1v) is 12.1. The van der Waals surface area contributed by atoms with Crippen LogP contribution in [0, 0.1) is 11.6 Å². The molecule has 2 aromatic rings. The van der Waals surface area contributed by atoms with E-state index in [0.717, 1.165) is 37.7 Å². The van der Waals surface area contributed by atoms with Crippen LogP contribution in [0.15, 0.2) is 42.5 Å². The van der Waals surface area contributed by atoms with Gasteiger partial charge in [0.25, 0.3) is 5.91 Å². The van der Waals surface area contributed by atoms with E-state index in [1.54, 1.807) is 29.2 Å². The number of nitrogens with one attached hydrogen (secondary N) is 1. The van der Waals surface area contributed by atoms with Crippen LogP contribution in [0.1, 0.15) is 36.5 Å². The van der Waals surface area contributed by atoms with Crippen molar-refractivity contribution in [1.29, 1.82) is 0 Å². The maximum Gasteiger partial charge on any atom is 0.255 e. The predicted octanol–water partition coefficient (Wildman–Crippen LogP) is 3.38. The Morgan fingerprint density at radius 3 is 2.31 bits per heavy atom. The molecule has 0 saturated carbocycles. The summed E-state index contributed by atoms with van der Waals surface area (Å²) in [6.45, 7) is 2.59. The number of benzene rings is 2. The molecule has 7 nitrogen and oxygen atoms in total. The Morgan fingerprint density at radius 1 is 1.03 bits per heavy atom. The number of nitrogens with zero attached hydrogens (tertiary/aromatic N) is 2. The highest BCUT2D eigenvalue weighted by molar-refractivity contribution is 7.92. The zero-order valence-electron chi connectivity index (χ0n) is 17.8. The predicted molar refractivity (Wildman–Crippen MR) is 118 cm³/mol. The summed E-state index contributed by atoms with van der Waals surface area (Å²) in [5.41, 5.74) is 0.360. The number of carbonyl (C=O) groups excluding carboxylic acids is 2. The van der Waals surface area contributed by atoms with Crippen LogP contribution in [0.2, 0.25) is 0 Å². The van der Waals surface area contributed by atoms with Crippen LogP contribution in [0.5, 0.6) is 0 Å². The lowest BCUT2D eigenvalue weighted by atomic mass is 10.1. The highest BCUT2D eigenvalue weighted by Gasteiger charge is 2.31. The van der Waals surface area contributed by atoms with Crippen molar-refractivity contribution in [2.45, 2.75) is 32.2 Å². The molecule has 0 aliphatic carbocycles. The number of rotatable bonds is 6. The molecule has 1 saturated heterocycles. The van der Waals surface area contributed by atoms with Gasteiger partial charge in [0.05, 0.1) is 23.2 Å². The number of piperidine rings is 1. The van der Waals surface area contributed by atoms with Gasteiger partial charge in [0.2, 0.25) is 15.9 Å². The molecule has 1 N–H and O–H groups in total. The van der Waals surface area contributed by atoms with E-state index >= 15 is 0 Å². The van der Waals surface area contributed by atoms with Crippen LogP contribution >= 0.6 is 0 Å². The normalized spacial score (nSPS) is 15.2. The first-order valence-electron chi connectivity index (χ1n) is 10.2. The van der Waals surface area contributed by atoms with Crippen LogP contribution in [0.25, 0.3) is 0 Å². The highest BCUT2D eigenvalue weighted by atomic mass is 32.2. The van der Waals surface area contributed by atoms with E-state index in [4.69, 9.17) is 0 Å². The molecule has 1 heterocycles. The van der Waals surface area contributed by atoms with Crippen molar-refractivity contribution in [3.05, 3.63) is 59.7 Å². The zero-order valence-corrected chi connectivity index (χ0v) is 18.7. The van der Waals surface area contributed by atoms with Crippen LogP contribution in [0.4, 0.5) is 20.2 Å². The lowest BCUT2D eigenvalue weighted by molar-refractivity contribution is -0.116. The fourth-order valence-electron chi connectivity index (χ4n) is 3.71. The van der Waals surface area contributed by atoms with Gasteiger partial charge in [-0.25, -0.2) is 17.2 Å². The van der Waals surface area contributed by atoms with Gasteiger partial charge in [-0.1, -0.05) is 12.1 Å². The number of para-hydroxylation sites is 1. The molecule has 0 radical (unpaired) electrons. The van der Waals surface area contributed by atoms with Crippen molar-refractivity contribution in [3.63, 3.8) is 0 Å². The number of likely N-dealkylation sites (tertiary alicyclic amines) is 1. The molecule has 172 valence electrons. The Bertz CT molecular complexity index is 1120. The van der Waals surface area contributed by atoms with Gasteiger partial charge in [-0.3, -0.25) is 13.9 Å². The molecule has 32 heavy (non-hydrogen) atoms. The SMILES string of the molecule is C[C@@H](C(=O)Nc1ccccc1C(=O)N1CCCCC1)N(c1ccc(F)c(F)c1)S(C)(=O)=O. The first-order chi connectivity index (χ1) is 15.1. The maximum absolute atomic E-state index is 13.7. The Hall–Kier alpha value is -3.01. The third kappa shape index (κ3) is 5.24. The van der Waals surface area contributed by atoms with Crippen molar-refractivity contribution in [2.24, 2.45) is 0 Å². The van der Waals surface area contributed by atoms with E-state index in [1.165, 1.54) is 6.92 Å². The largest absolute Gasteiger partial charge is 0.339 e. The Morgan fingerprint density at radius 2 is 1.69 bits per heavy atom. The average molecular weight is 466 g/mol. The summed E-state index contributed by atoms with van der Waals surface area (Å²) in [7, 11) is -4.02. The van der Waals surface area contributed by atoms with Gasteiger partial charge in [-0.15, -0.1) is 0 Å². The molecule has 0 spiro atoms. The van der Waals surface area contributed by atoms with E-state index in [9.17, 15) is 26.8 Å². The summed E-state index contributed by atoms with van der Waals surface area (Å²) in [4.78, 5) is 27.6. The molecule has 0 bridgehead atoms. The lowest BCUT2D eigenvalue weighted by Crippen LogP contribution is -2.45. The summed E-state index contributed by atoms with van der Waals surface area (Å²) in [6.07, 6.45) is 3.75. The van der Waals surface area contributed by atoms with Crippen molar-refractivity contribution in [1.82, 2.24) is 4.90 Å². The fraction of sp³-hybridized carbons (Fsp3) is 0.364. The van der Waals surface area contributed by atoms with E-state index in [0.29, 0.717) is 29.0 Å². The lowest BCUT2D eigenvalue weighted by Gasteiger charge is -2.29. The second-order valence-electron chi connectivity index (χ2n) is 7.72. The average Bonchev–Trinajstić information content (AvgIpc) is 2.76. The number of hydrogen-bond acceptors (Lipinski definition) is 4. The molecular formula is C22H25F2N3O4S.